The highest BCUT2D eigenvalue weighted by molar-refractivity contribution is 5.44. The maximum Gasteiger partial charge on any atom is 0.273 e. The molecule has 0 unspecified atom stereocenters. The molecule has 1 heterocycles. The molecule has 0 radical (unpaired) electrons. The number of hydrogen-bond donors (Lipinski definition) is 1. The number of anilines is 1. The van der Waals surface area contributed by atoms with Gasteiger partial charge in [0.1, 0.15) is 5.75 Å². The lowest BCUT2D eigenvalue weighted by Crippen LogP contribution is -2.07. The summed E-state index contributed by atoms with van der Waals surface area (Å²) < 4.78 is 6.82. The van der Waals surface area contributed by atoms with E-state index in [0.717, 1.165) is 24.1 Å². The number of nitrogens with zero attached hydrogens (tertiary/aromatic N) is 4. The van der Waals surface area contributed by atoms with Gasteiger partial charge in [-0.2, -0.15) is 0 Å². The molecule has 1 aliphatic rings. The van der Waals surface area contributed by atoms with Gasteiger partial charge in [-0.1, -0.05) is 5.21 Å². The Labute approximate surface area is 120 Å². The number of rotatable bonds is 5. The van der Waals surface area contributed by atoms with E-state index in [0.29, 0.717) is 24.0 Å². The number of methoxy groups -OCH3 is 1. The average Bonchev–Trinajstić information content (AvgIpc) is 3.23. The summed E-state index contributed by atoms with van der Waals surface area (Å²) in [6.45, 7) is 0.383. The SMILES string of the molecule is COc1cc(Cn2nnc(N)c2C2CC2)cc([N+](=O)[O-])c1. The van der Waals surface area contributed by atoms with Crippen LogP contribution in [0, 0.1) is 10.1 Å². The molecule has 2 aromatic rings. The normalized spacial score (nSPS) is 14.1. The number of ether oxygens (including phenoxy) is 1. The molecule has 21 heavy (non-hydrogen) atoms. The van der Waals surface area contributed by atoms with E-state index < -0.39 is 4.92 Å². The van der Waals surface area contributed by atoms with E-state index in [1.165, 1.54) is 19.2 Å². The largest absolute Gasteiger partial charge is 0.496 e. The molecule has 1 saturated carbocycles. The Morgan fingerprint density at radius 3 is 2.86 bits per heavy atom. The lowest BCUT2D eigenvalue weighted by atomic mass is 10.1. The van der Waals surface area contributed by atoms with E-state index in [1.807, 2.05) is 0 Å². The zero-order valence-electron chi connectivity index (χ0n) is 11.5. The molecule has 1 aliphatic carbocycles. The minimum absolute atomic E-state index is 0.00888. The number of non-ortho nitro benzene ring substituents is 1. The second-order valence-corrected chi connectivity index (χ2v) is 5.09. The van der Waals surface area contributed by atoms with Crippen molar-refractivity contribution >= 4 is 11.5 Å². The number of hydrogen-bond acceptors (Lipinski definition) is 6. The molecule has 0 spiro atoms. The molecule has 0 bridgehead atoms. The summed E-state index contributed by atoms with van der Waals surface area (Å²) in [5, 5.41) is 18.9. The third-order valence-corrected chi connectivity index (χ3v) is 3.49. The smallest absolute Gasteiger partial charge is 0.273 e. The number of nitrogen functional groups attached to an aromatic ring is 1. The van der Waals surface area contributed by atoms with Crippen LogP contribution in [0.2, 0.25) is 0 Å². The van der Waals surface area contributed by atoms with Gasteiger partial charge >= 0.3 is 0 Å². The first-order valence-corrected chi connectivity index (χ1v) is 6.59. The topological polar surface area (TPSA) is 109 Å². The van der Waals surface area contributed by atoms with Crippen LogP contribution >= 0.6 is 0 Å². The van der Waals surface area contributed by atoms with Crippen LogP contribution in [-0.2, 0) is 6.54 Å². The van der Waals surface area contributed by atoms with Gasteiger partial charge in [-0.25, -0.2) is 4.68 Å². The minimum atomic E-state index is -0.441. The van der Waals surface area contributed by atoms with E-state index in [1.54, 1.807) is 10.7 Å². The third kappa shape index (κ3) is 2.64. The van der Waals surface area contributed by atoms with Crippen molar-refractivity contribution in [3.63, 3.8) is 0 Å². The van der Waals surface area contributed by atoms with Gasteiger partial charge in [0.25, 0.3) is 5.69 Å². The van der Waals surface area contributed by atoms with Gasteiger partial charge in [0.2, 0.25) is 0 Å². The fourth-order valence-electron chi connectivity index (χ4n) is 2.36. The Bertz CT molecular complexity index is 693. The first-order valence-electron chi connectivity index (χ1n) is 6.59. The minimum Gasteiger partial charge on any atom is -0.496 e. The molecule has 1 aromatic heterocycles. The monoisotopic (exact) mass is 289 g/mol. The van der Waals surface area contributed by atoms with Crippen molar-refractivity contribution in [2.45, 2.75) is 25.3 Å². The van der Waals surface area contributed by atoms with E-state index in [-0.39, 0.29) is 5.69 Å². The first-order chi connectivity index (χ1) is 10.1. The highest BCUT2D eigenvalue weighted by Crippen LogP contribution is 2.42. The Balaban J connectivity index is 1.94. The number of nitro groups is 1. The molecular formula is C13H15N5O3. The van der Waals surface area contributed by atoms with E-state index >= 15 is 0 Å². The van der Waals surface area contributed by atoms with Gasteiger partial charge in [0.15, 0.2) is 5.82 Å². The summed E-state index contributed by atoms with van der Waals surface area (Å²) in [4.78, 5) is 10.5. The van der Waals surface area contributed by atoms with Crippen LogP contribution in [0.1, 0.15) is 30.0 Å². The Hall–Kier alpha value is -2.64. The second kappa shape index (κ2) is 5.04. The molecule has 0 amide bonds. The van der Waals surface area contributed by atoms with Gasteiger partial charge in [-0.3, -0.25) is 10.1 Å². The van der Waals surface area contributed by atoms with Crippen molar-refractivity contribution in [2.75, 3.05) is 12.8 Å². The fraction of sp³-hybridized carbons (Fsp3) is 0.385. The summed E-state index contributed by atoms with van der Waals surface area (Å²) in [5.74, 6) is 1.29. The predicted octanol–water partition coefficient (Wildman–Crippen LogP) is 1.70. The lowest BCUT2D eigenvalue weighted by molar-refractivity contribution is -0.385. The van der Waals surface area contributed by atoms with Crippen LogP contribution in [-0.4, -0.2) is 27.0 Å². The third-order valence-electron chi connectivity index (χ3n) is 3.49. The zero-order chi connectivity index (χ0) is 15.0. The second-order valence-electron chi connectivity index (χ2n) is 5.09. The van der Waals surface area contributed by atoms with Crippen molar-refractivity contribution in [3.05, 3.63) is 39.6 Å². The van der Waals surface area contributed by atoms with E-state index in [2.05, 4.69) is 10.3 Å². The van der Waals surface area contributed by atoms with Crippen LogP contribution in [0.4, 0.5) is 11.5 Å². The van der Waals surface area contributed by atoms with E-state index in [4.69, 9.17) is 10.5 Å². The standard InChI is InChI=1S/C13H15N5O3/c1-21-11-5-8(4-10(6-11)18(19)20)7-17-12(9-2-3-9)13(14)15-16-17/h4-6,9H,2-3,7,14H2,1H3. The number of nitro benzene ring substituents is 1. The molecule has 3 rings (SSSR count). The molecule has 0 atom stereocenters. The fourth-order valence-corrected chi connectivity index (χ4v) is 2.36. The van der Waals surface area contributed by atoms with Crippen molar-refractivity contribution in [1.29, 1.82) is 0 Å². The van der Waals surface area contributed by atoms with Crippen molar-refractivity contribution in [2.24, 2.45) is 0 Å². The summed E-state index contributed by atoms with van der Waals surface area (Å²) in [5.41, 5.74) is 7.48. The number of aromatic nitrogens is 3. The lowest BCUT2D eigenvalue weighted by Gasteiger charge is -2.08. The Morgan fingerprint density at radius 2 is 2.24 bits per heavy atom. The molecule has 1 fully saturated rings. The molecule has 0 saturated heterocycles. The van der Waals surface area contributed by atoms with Crippen LogP contribution in [0.15, 0.2) is 18.2 Å². The van der Waals surface area contributed by atoms with Gasteiger partial charge < -0.3 is 10.5 Å². The van der Waals surface area contributed by atoms with Crippen molar-refractivity contribution in [1.82, 2.24) is 15.0 Å². The molecule has 1 aromatic carbocycles. The highest BCUT2D eigenvalue weighted by atomic mass is 16.6. The van der Waals surface area contributed by atoms with E-state index in [9.17, 15) is 10.1 Å². The Kier molecular flexibility index (Phi) is 3.20. The maximum atomic E-state index is 11.0. The van der Waals surface area contributed by atoms with Gasteiger partial charge in [-0.05, 0) is 24.5 Å². The quantitative estimate of drug-likeness (QED) is 0.662. The molecular weight excluding hydrogens is 274 g/mol. The van der Waals surface area contributed by atoms with Crippen LogP contribution in [0.3, 0.4) is 0 Å². The van der Waals surface area contributed by atoms with Gasteiger partial charge in [0, 0.05) is 12.0 Å². The summed E-state index contributed by atoms with van der Waals surface area (Å²) in [6, 6.07) is 4.65. The highest BCUT2D eigenvalue weighted by Gasteiger charge is 2.30. The summed E-state index contributed by atoms with van der Waals surface area (Å²) in [6.07, 6.45) is 2.16. The zero-order valence-corrected chi connectivity index (χ0v) is 11.5. The predicted molar refractivity (Wildman–Crippen MR) is 75.2 cm³/mol. The van der Waals surface area contributed by atoms with Crippen LogP contribution < -0.4 is 10.5 Å². The maximum absolute atomic E-state index is 11.0. The van der Waals surface area contributed by atoms with Crippen molar-refractivity contribution < 1.29 is 9.66 Å². The number of nitrogens with two attached hydrogens (primary N) is 1. The van der Waals surface area contributed by atoms with Crippen molar-refractivity contribution in [3.8, 4) is 5.75 Å². The summed E-state index contributed by atoms with van der Waals surface area (Å²) in [7, 11) is 1.48. The molecule has 8 heteroatoms. The van der Waals surface area contributed by atoms with Crippen LogP contribution in [0.5, 0.6) is 5.75 Å². The Morgan fingerprint density at radius 1 is 1.48 bits per heavy atom. The molecule has 110 valence electrons. The summed E-state index contributed by atoms with van der Waals surface area (Å²) >= 11 is 0. The molecule has 0 aliphatic heterocycles. The molecule has 8 nitrogen and oxygen atoms in total. The number of benzene rings is 1. The average molecular weight is 289 g/mol. The van der Waals surface area contributed by atoms with Gasteiger partial charge in [0.05, 0.1) is 30.3 Å². The first kappa shape index (κ1) is 13.3. The van der Waals surface area contributed by atoms with Crippen LogP contribution in [0.25, 0.3) is 0 Å². The molecule has 2 N–H and O–H groups in total. The van der Waals surface area contributed by atoms with Gasteiger partial charge in [-0.15, -0.1) is 5.10 Å².